The van der Waals surface area contributed by atoms with E-state index in [0.29, 0.717) is 0 Å². The van der Waals surface area contributed by atoms with Gasteiger partial charge in [-0.05, 0) is 32.1 Å². The van der Waals surface area contributed by atoms with Crippen molar-refractivity contribution in [3.63, 3.8) is 0 Å². The molecule has 100 valence electrons. The van der Waals surface area contributed by atoms with Crippen molar-refractivity contribution in [1.82, 2.24) is 0 Å². The van der Waals surface area contributed by atoms with Gasteiger partial charge >= 0.3 is 7.60 Å². The van der Waals surface area contributed by atoms with Crippen LogP contribution in [0.4, 0.5) is 8.78 Å². The molecule has 0 spiro atoms. The number of benzene rings is 1. The van der Waals surface area contributed by atoms with Crippen molar-refractivity contribution in [3.8, 4) is 0 Å². The molecule has 0 aromatic heterocycles. The van der Waals surface area contributed by atoms with E-state index >= 15 is 0 Å². The Hall–Kier alpha value is -1.03. The van der Waals surface area contributed by atoms with Crippen LogP contribution in [-0.2, 0) is 13.6 Å². The second kappa shape index (κ2) is 6.78. The first-order valence-electron chi connectivity index (χ1n) is 5.54. The molecule has 0 N–H and O–H groups in total. The van der Waals surface area contributed by atoms with E-state index in [1.54, 1.807) is 13.8 Å². The monoisotopic (exact) mass is 276 g/mol. The SMILES string of the molecule is CCOP(=O)(/C=C/c1c(F)cccc1F)OCC. The molecule has 0 unspecified atom stereocenters. The van der Waals surface area contributed by atoms with E-state index in [-0.39, 0.29) is 18.8 Å². The molecule has 0 amide bonds. The Morgan fingerprint density at radius 1 is 1.17 bits per heavy atom. The summed E-state index contributed by atoms with van der Waals surface area (Å²) in [7, 11) is -3.44. The highest BCUT2D eigenvalue weighted by Gasteiger charge is 2.19. The molecule has 0 aliphatic carbocycles. The fourth-order valence-corrected chi connectivity index (χ4v) is 2.62. The first kappa shape index (κ1) is 15.0. The Morgan fingerprint density at radius 3 is 2.11 bits per heavy atom. The lowest BCUT2D eigenvalue weighted by molar-refractivity contribution is 0.229. The highest BCUT2D eigenvalue weighted by Crippen LogP contribution is 2.50. The minimum Gasteiger partial charge on any atom is -0.306 e. The largest absolute Gasteiger partial charge is 0.354 e. The molecule has 0 heterocycles. The van der Waals surface area contributed by atoms with E-state index in [0.717, 1.165) is 24.0 Å². The molecule has 0 atom stereocenters. The van der Waals surface area contributed by atoms with Crippen molar-refractivity contribution < 1.29 is 22.4 Å². The van der Waals surface area contributed by atoms with E-state index in [1.807, 2.05) is 0 Å². The highest BCUT2D eigenvalue weighted by atomic mass is 31.2. The molecule has 1 rings (SSSR count). The van der Waals surface area contributed by atoms with Crippen LogP contribution in [0.25, 0.3) is 6.08 Å². The zero-order chi connectivity index (χ0) is 13.6. The lowest BCUT2D eigenvalue weighted by atomic mass is 10.2. The molecule has 1 aromatic rings. The molecule has 0 aliphatic heterocycles. The maximum absolute atomic E-state index is 13.3. The van der Waals surface area contributed by atoms with Gasteiger partial charge in [-0.25, -0.2) is 8.78 Å². The first-order valence-corrected chi connectivity index (χ1v) is 7.15. The molecule has 6 heteroatoms. The minimum atomic E-state index is -3.44. The second-order valence-corrected chi connectivity index (χ2v) is 5.22. The van der Waals surface area contributed by atoms with Crippen LogP contribution in [0.1, 0.15) is 19.4 Å². The molecule has 0 fully saturated rings. The maximum atomic E-state index is 13.3. The Kier molecular flexibility index (Phi) is 5.66. The Morgan fingerprint density at radius 2 is 1.67 bits per heavy atom. The summed E-state index contributed by atoms with van der Waals surface area (Å²) in [5, 5.41) is 0. The molecule has 3 nitrogen and oxygen atoms in total. The molecule has 0 bridgehead atoms. The predicted octanol–water partition coefficient (Wildman–Crippen LogP) is 4.20. The number of hydrogen-bond acceptors (Lipinski definition) is 3. The summed E-state index contributed by atoms with van der Waals surface area (Å²) in [5.74, 6) is -0.391. The van der Waals surface area contributed by atoms with Gasteiger partial charge in [0.2, 0.25) is 0 Å². The summed E-state index contributed by atoms with van der Waals surface area (Å²) in [6, 6.07) is 3.50. The first-order chi connectivity index (χ1) is 8.52. The third-order valence-electron chi connectivity index (χ3n) is 2.04. The predicted molar refractivity (Wildman–Crippen MR) is 66.3 cm³/mol. The molecule has 0 radical (unpaired) electrons. The molecule has 0 saturated heterocycles. The topological polar surface area (TPSA) is 35.5 Å². The molecule has 0 aliphatic rings. The van der Waals surface area contributed by atoms with Crippen LogP contribution in [0.5, 0.6) is 0 Å². The third kappa shape index (κ3) is 4.02. The summed E-state index contributed by atoms with van der Waals surface area (Å²) < 4.78 is 48.6. The van der Waals surface area contributed by atoms with Gasteiger partial charge in [0.15, 0.2) is 0 Å². The number of halogens is 2. The van der Waals surface area contributed by atoms with Crippen LogP contribution in [0, 0.1) is 11.6 Å². The summed E-state index contributed by atoms with van der Waals surface area (Å²) in [6.07, 6.45) is 1.08. The normalized spacial score (nSPS) is 12.2. The van der Waals surface area contributed by atoms with Gasteiger partial charge in [0.25, 0.3) is 0 Å². The van der Waals surface area contributed by atoms with Gasteiger partial charge in [0.05, 0.1) is 13.2 Å². The second-order valence-electron chi connectivity index (χ2n) is 3.33. The highest BCUT2D eigenvalue weighted by molar-refractivity contribution is 7.57. The third-order valence-corrected chi connectivity index (χ3v) is 3.79. The van der Waals surface area contributed by atoms with Crippen molar-refractivity contribution in [2.24, 2.45) is 0 Å². The maximum Gasteiger partial charge on any atom is 0.354 e. The van der Waals surface area contributed by atoms with Gasteiger partial charge in [0, 0.05) is 11.4 Å². The van der Waals surface area contributed by atoms with E-state index in [4.69, 9.17) is 9.05 Å². The number of rotatable bonds is 6. The molecule has 1 aromatic carbocycles. The summed E-state index contributed by atoms with van der Waals surface area (Å²) in [4.78, 5) is 0. The van der Waals surface area contributed by atoms with Crippen LogP contribution in [0.2, 0.25) is 0 Å². The summed E-state index contributed by atoms with van der Waals surface area (Å²) in [5.41, 5.74) is -0.267. The zero-order valence-corrected chi connectivity index (χ0v) is 11.1. The van der Waals surface area contributed by atoms with Crippen molar-refractivity contribution >= 4 is 13.7 Å². The van der Waals surface area contributed by atoms with Crippen molar-refractivity contribution in [2.75, 3.05) is 13.2 Å². The fourth-order valence-electron chi connectivity index (χ4n) is 1.32. The lowest BCUT2D eigenvalue weighted by Crippen LogP contribution is -1.93. The number of hydrogen-bond donors (Lipinski definition) is 0. The quantitative estimate of drug-likeness (QED) is 0.730. The smallest absolute Gasteiger partial charge is 0.306 e. The van der Waals surface area contributed by atoms with E-state index in [2.05, 4.69) is 0 Å². The summed E-state index contributed by atoms with van der Waals surface area (Å²) in [6.45, 7) is 3.68. The van der Waals surface area contributed by atoms with Crippen LogP contribution in [-0.4, -0.2) is 13.2 Å². The lowest BCUT2D eigenvalue weighted by Gasteiger charge is -2.12. The summed E-state index contributed by atoms with van der Waals surface area (Å²) >= 11 is 0. The Balaban J connectivity index is 3.00. The van der Waals surface area contributed by atoms with Gasteiger partial charge in [-0.3, -0.25) is 4.57 Å². The Bertz CT molecular complexity index is 444. The zero-order valence-electron chi connectivity index (χ0n) is 10.2. The van der Waals surface area contributed by atoms with Crippen molar-refractivity contribution in [3.05, 3.63) is 41.2 Å². The van der Waals surface area contributed by atoms with Gasteiger partial charge in [0.1, 0.15) is 11.6 Å². The molecule has 0 saturated carbocycles. The Labute approximate surface area is 105 Å². The van der Waals surface area contributed by atoms with Gasteiger partial charge in [-0.1, -0.05) is 6.07 Å². The minimum absolute atomic E-state index is 0.182. The van der Waals surface area contributed by atoms with Crippen molar-refractivity contribution in [1.29, 1.82) is 0 Å². The van der Waals surface area contributed by atoms with Crippen LogP contribution in [0.15, 0.2) is 24.0 Å². The standard InChI is InChI=1S/C12H15F2O3P/c1-3-16-18(15,17-4-2)9-8-10-11(13)6-5-7-12(10)14/h5-9H,3-4H2,1-2H3/b9-8+. The molecular weight excluding hydrogens is 261 g/mol. The average Bonchev–Trinajstić information content (AvgIpc) is 2.29. The van der Waals surface area contributed by atoms with Gasteiger partial charge < -0.3 is 9.05 Å². The van der Waals surface area contributed by atoms with E-state index in [1.165, 1.54) is 6.07 Å². The van der Waals surface area contributed by atoms with Crippen LogP contribution in [0.3, 0.4) is 0 Å². The van der Waals surface area contributed by atoms with E-state index < -0.39 is 19.2 Å². The average molecular weight is 276 g/mol. The van der Waals surface area contributed by atoms with Gasteiger partial charge in [-0.15, -0.1) is 0 Å². The van der Waals surface area contributed by atoms with Crippen LogP contribution < -0.4 is 0 Å². The van der Waals surface area contributed by atoms with Crippen LogP contribution >= 0.6 is 7.60 Å². The molecular formula is C12H15F2O3P. The van der Waals surface area contributed by atoms with E-state index in [9.17, 15) is 13.3 Å². The fraction of sp³-hybridized carbons (Fsp3) is 0.333. The molecule has 18 heavy (non-hydrogen) atoms. The van der Waals surface area contributed by atoms with Gasteiger partial charge in [-0.2, -0.15) is 0 Å². The van der Waals surface area contributed by atoms with Crippen molar-refractivity contribution in [2.45, 2.75) is 13.8 Å².